The number of hydrogen-bond acceptors (Lipinski definition) is 5. The summed E-state index contributed by atoms with van der Waals surface area (Å²) in [7, 11) is 1.76. The highest BCUT2D eigenvalue weighted by Gasteiger charge is 2.32. The van der Waals surface area contributed by atoms with Crippen molar-refractivity contribution in [3.05, 3.63) is 17.5 Å². The van der Waals surface area contributed by atoms with Crippen molar-refractivity contribution < 1.29 is 9.26 Å². The van der Waals surface area contributed by atoms with E-state index in [0.29, 0.717) is 6.04 Å². The Kier molecular flexibility index (Phi) is 6.67. The fourth-order valence-electron chi connectivity index (χ4n) is 2.62. The van der Waals surface area contributed by atoms with Gasteiger partial charge in [0.25, 0.3) is 0 Å². The third kappa shape index (κ3) is 5.41. The minimum atomic E-state index is 0.590. The lowest BCUT2D eigenvalue weighted by molar-refractivity contribution is 0.104. The Labute approximate surface area is 128 Å². The molecule has 1 aliphatic rings. The van der Waals surface area contributed by atoms with Gasteiger partial charge in [-0.15, -0.1) is 0 Å². The average Bonchev–Trinajstić information content (AvgIpc) is 3.24. The molecule has 1 saturated carbocycles. The SMILES string of the molecule is CCCNCc1cc(CN(CCOC)C(C)C2CC2)on1. The summed E-state index contributed by atoms with van der Waals surface area (Å²) in [5.41, 5.74) is 0.990. The predicted octanol–water partition coefficient (Wildman–Crippen LogP) is 2.42. The van der Waals surface area contributed by atoms with Crippen molar-refractivity contribution in [3.63, 3.8) is 0 Å². The monoisotopic (exact) mass is 295 g/mol. The predicted molar refractivity (Wildman–Crippen MR) is 83.0 cm³/mol. The molecule has 1 atom stereocenters. The molecule has 1 aromatic rings. The molecule has 1 aromatic heterocycles. The van der Waals surface area contributed by atoms with E-state index in [9.17, 15) is 0 Å². The first-order valence-corrected chi connectivity index (χ1v) is 8.12. The zero-order valence-corrected chi connectivity index (χ0v) is 13.6. The molecule has 21 heavy (non-hydrogen) atoms. The van der Waals surface area contributed by atoms with Crippen LogP contribution in [0.1, 0.15) is 44.6 Å². The molecule has 5 heteroatoms. The summed E-state index contributed by atoms with van der Waals surface area (Å²) < 4.78 is 10.7. The average molecular weight is 295 g/mol. The quantitative estimate of drug-likeness (QED) is 0.635. The largest absolute Gasteiger partial charge is 0.383 e. The van der Waals surface area contributed by atoms with Gasteiger partial charge in [0.05, 0.1) is 18.8 Å². The van der Waals surface area contributed by atoms with Gasteiger partial charge in [0.1, 0.15) is 0 Å². The van der Waals surface area contributed by atoms with Gasteiger partial charge in [-0.25, -0.2) is 0 Å². The molecular weight excluding hydrogens is 266 g/mol. The molecule has 1 aliphatic carbocycles. The Morgan fingerprint density at radius 2 is 2.33 bits per heavy atom. The van der Waals surface area contributed by atoms with E-state index < -0.39 is 0 Å². The maximum atomic E-state index is 5.48. The Morgan fingerprint density at radius 1 is 1.52 bits per heavy atom. The number of methoxy groups -OCH3 is 1. The highest BCUT2D eigenvalue weighted by atomic mass is 16.5. The van der Waals surface area contributed by atoms with Gasteiger partial charge in [0.15, 0.2) is 5.76 Å². The van der Waals surface area contributed by atoms with Crippen molar-refractivity contribution in [3.8, 4) is 0 Å². The first-order chi connectivity index (χ1) is 10.2. The van der Waals surface area contributed by atoms with Gasteiger partial charge >= 0.3 is 0 Å². The van der Waals surface area contributed by atoms with Crippen LogP contribution >= 0.6 is 0 Å². The smallest absolute Gasteiger partial charge is 0.151 e. The van der Waals surface area contributed by atoms with Crippen LogP contribution in [0.4, 0.5) is 0 Å². The van der Waals surface area contributed by atoms with E-state index in [1.165, 1.54) is 12.8 Å². The van der Waals surface area contributed by atoms with Crippen molar-refractivity contribution >= 4 is 0 Å². The van der Waals surface area contributed by atoms with E-state index in [1.54, 1.807) is 7.11 Å². The Bertz CT molecular complexity index is 404. The summed E-state index contributed by atoms with van der Waals surface area (Å²) in [4.78, 5) is 2.45. The fraction of sp³-hybridized carbons (Fsp3) is 0.812. The molecule has 0 saturated heterocycles. The van der Waals surface area contributed by atoms with Crippen LogP contribution in [0.3, 0.4) is 0 Å². The summed E-state index contributed by atoms with van der Waals surface area (Å²) in [6.07, 6.45) is 3.84. The van der Waals surface area contributed by atoms with E-state index in [1.807, 2.05) is 0 Å². The Hall–Kier alpha value is -0.910. The lowest BCUT2D eigenvalue weighted by Crippen LogP contribution is -2.36. The van der Waals surface area contributed by atoms with Crippen molar-refractivity contribution in [2.75, 3.05) is 26.8 Å². The minimum absolute atomic E-state index is 0.590. The van der Waals surface area contributed by atoms with Crippen molar-refractivity contribution in [2.45, 2.75) is 52.2 Å². The molecular formula is C16H29N3O2. The number of hydrogen-bond donors (Lipinski definition) is 1. The lowest BCUT2D eigenvalue weighted by Gasteiger charge is -2.27. The molecule has 0 spiro atoms. The molecule has 0 amide bonds. The third-order valence-electron chi connectivity index (χ3n) is 4.16. The maximum absolute atomic E-state index is 5.48. The fourth-order valence-corrected chi connectivity index (χ4v) is 2.62. The van der Waals surface area contributed by atoms with Gasteiger partial charge in [-0.3, -0.25) is 4.90 Å². The van der Waals surface area contributed by atoms with E-state index in [4.69, 9.17) is 9.26 Å². The molecule has 1 N–H and O–H groups in total. The van der Waals surface area contributed by atoms with Crippen LogP contribution in [0.15, 0.2) is 10.6 Å². The van der Waals surface area contributed by atoms with Crippen LogP contribution < -0.4 is 5.32 Å². The highest BCUT2D eigenvalue weighted by Crippen LogP contribution is 2.35. The van der Waals surface area contributed by atoms with Crippen LogP contribution in [0.25, 0.3) is 0 Å². The minimum Gasteiger partial charge on any atom is -0.383 e. The van der Waals surface area contributed by atoms with Crippen LogP contribution in [0, 0.1) is 5.92 Å². The molecule has 1 fully saturated rings. The topological polar surface area (TPSA) is 50.5 Å². The first kappa shape index (κ1) is 16.5. The van der Waals surface area contributed by atoms with E-state index in [-0.39, 0.29) is 0 Å². The van der Waals surface area contributed by atoms with Crippen molar-refractivity contribution in [2.24, 2.45) is 5.92 Å². The van der Waals surface area contributed by atoms with Gasteiger partial charge in [-0.05, 0) is 38.6 Å². The zero-order valence-electron chi connectivity index (χ0n) is 13.6. The maximum Gasteiger partial charge on any atom is 0.151 e. The molecule has 0 aliphatic heterocycles. The Morgan fingerprint density at radius 3 is 3.00 bits per heavy atom. The molecule has 1 heterocycles. The summed E-state index contributed by atoms with van der Waals surface area (Å²) in [5, 5.41) is 7.49. The number of ether oxygens (including phenoxy) is 1. The summed E-state index contributed by atoms with van der Waals surface area (Å²) in [5.74, 6) is 1.79. The van der Waals surface area contributed by atoms with Gasteiger partial charge in [0, 0.05) is 32.3 Å². The van der Waals surface area contributed by atoms with Crippen molar-refractivity contribution in [1.82, 2.24) is 15.4 Å². The number of aromatic nitrogens is 1. The van der Waals surface area contributed by atoms with E-state index in [0.717, 1.165) is 56.6 Å². The van der Waals surface area contributed by atoms with Crippen LogP contribution in [0.2, 0.25) is 0 Å². The summed E-state index contributed by atoms with van der Waals surface area (Å²) >= 11 is 0. The van der Waals surface area contributed by atoms with Gasteiger partial charge in [-0.2, -0.15) is 0 Å². The second kappa shape index (κ2) is 8.51. The zero-order chi connectivity index (χ0) is 15.1. The second-order valence-electron chi connectivity index (χ2n) is 6.00. The standard InChI is InChI=1S/C16H29N3O2/c1-4-7-17-11-15-10-16(21-18-15)12-19(8-9-20-3)13(2)14-5-6-14/h10,13-14,17H,4-9,11-12H2,1-3H3. The van der Waals surface area contributed by atoms with E-state index in [2.05, 4.69) is 35.3 Å². The van der Waals surface area contributed by atoms with Crippen molar-refractivity contribution in [1.29, 1.82) is 0 Å². The lowest BCUT2D eigenvalue weighted by atomic mass is 10.1. The summed E-state index contributed by atoms with van der Waals surface area (Å²) in [6, 6.07) is 2.66. The number of rotatable bonds is 11. The number of nitrogens with one attached hydrogen (secondary N) is 1. The van der Waals surface area contributed by atoms with E-state index >= 15 is 0 Å². The third-order valence-corrected chi connectivity index (χ3v) is 4.16. The molecule has 0 aromatic carbocycles. The number of nitrogens with zero attached hydrogens (tertiary/aromatic N) is 2. The summed E-state index contributed by atoms with van der Waals surface area (Å²) in [6.45, 7) is 8.80. The second-order valence-corrected chi connectivity index (χ2v) is 6.00. The van der Waals surface area contributed by atoms with Gasteiger partial charge in [-0.1, -0.05) is 12.1 Å². The van der Waals surface area contributed by atoms with Crippen LogP contribution in [0.5, 0.6) is 0 Å². The molecule has 0 bridgehead atoms. The van der Waals surface area contributed by atoms with Gasteiger partial charge in [0.2, 0.25) is 0 Å². The molecule has 0 radical (unpaired) electrons. The van der Waals surface area contributed by atoms with Crippen LogP contribution in [-0.2, 0) is 17.8 Å². The molecule has 5 nitrogen and oxygen atoms in total. The normalized spacial score (nSPS) is 16.6. The van der Waals surface area contributed by atoms with Crippen LogP contribution in [-0.4, -0.2) is 42.9 Å². The highest BCUT2D eigenvalue weighted by molar-refractivity contribution is 5.05. The van der Waals surface area contributed by atoms with Gasteiger partial charge < -0.3 is 14.6 Å². The Balaban J connectivity index is 1.86. The first-order valence-electron chi connectivity index (χ1n) is 8.12. The molecule has 2 rings (SSSR count). The molecule has 120 valence electrons. The molecule has 1 unspecified atom stereocenters.